The predicted octanol–water partition coefficient (Wildman–Crippen LogP) is 11.8. The van der Waals surface area contributed by atoms with E-state index in [1.165, 1.54) is 70.2 Å². The molecule has 1 unspecified atom stereocenters. The molecule has 1 atom stereocenters. The lowest BCUT2D eigenvalue weighted by atomic mass is 9.68. The highest BCUT2D eigenvalue weighted by atomic mass is 32.1. The van der Waals surface area contributed by atoms with Crippen LogP contribution in [0.4, 0.5) is 0 Å². The first-order chi connectivity index (χ1) is 20.0. The van der Waals surface area contributed by atoms with Crippen LogP contribution in [0.3, 0.4) is 0 Å². The summed E-state index contributed by atoms with van der Waals surface area (Å²) in [6, 6.07) is 38.7. The number of hydrogen-bond donors (Lipinski definition) is 0. The van der Waals surface area contributed by atoms with Crippen molar-refractivity contribution in [3.8, 4) is 22.3 Å². The van der Waals surface area contributed by atoms with Gasteiger partial charge in [-0.2, -0.15) is 0 Å². The molecule has 5 aromatic carbocycles. The molecule has 1 aromatic heterocycles. The van der Waals surface area contributed by atoms with Crippen molar-refractivity contribution in [3.05, 3.63) is 149 Å². The van der Waals surface area contributed by atoms with Crippen LogP contribution in [0, 0.1) is 0 Å². The first-order valence-electron chi connectivity index (χ1n) is 14.5. The molecule has 1 heteroatoms. The normalized spacial score (nSPS) is 16.0. The van der Waals surface area contributed by atoms with Gasteiger partial charge in [0, 0.05) is 20.9 Å². The topological polar surface area (TPSA) is 0 Å². The third-order valence-electron chi connectivity index (χ3n) is 8.84. The van der Waals surface area contributed by atoms with E-state index in [0.717, 1.165) is 6.42 Å². The Labute approximate surface area is 247 Å². The van der Waals surface area contributed by atoms with Crippen LogP contribution in [-0.2, 0) is 5.41 Å². The van der Waals surface area contributed by atoms with Crippen LogP contribution in [-0.4, -0.2) is 0 Å². The van der Waals surface area contributed by atoms with E-state index in [2.05, 4.69) is 136 Å². The average Bonchev–Trinajstić information content (AvgIpc) is 3.39. The van der Waals surface area contributed by atoms with Crippen LogP contribution < -0.4 is 0 Å². The molecular weight excluding hydrogens is 513 g/mol. The van der Waals surface area contributed by atoms with Crippen molar-refractivity contribution >= 4 is 38.3 Å². The molecular formula is C40H34S. The van der Waals surface area contributed by atoms with Gasteiger partial charge in [-0.1, -0.05) is 129 Å². The molecule has 0 radical (unpaired) electrons. The Morgan fingerprint density at radius 2 is 1.46 bits per heavy atom. The Balaban J connectivity index is 0.000000884. The lowest BCUT2D eigenvalue weighted by Gasteiger charge is -2.35. The third kappa shape index (κ3) is 4.03. The summed E-state index contributed by atoms with van der Waals surface area (Å²) < 4.78 is 1.39. The van der Waals surface area contributed by atoms with Gasteiger partial charge in [0.2, 0.25) is 0 Å². The molecule has 200 valence electrons. The summed E-state index contributed by atoms with van der Waals surface area (Å²) >= 11 is 1.96. The average molecular weight is 547 g/mol. The first-order valence-corrected chi connectivity index (χ1v) is 15.4. The number of allylic oxidation sites excluding steroid dienone is 2. The minimum Gasteiger partial charge on any atom is -0.139 e. The molecule has 0 saturated heterocycles. The molecule has 41 heavy (non-hydrogen) atoms. The molecule has 2 aliphatic carbocycles. The second-order valence-corrected chi connectivity index (χ2v) is 12.7. The Morgan fingerprint density at radius 3 is 2.34 bits per heavy atom. The third-order valence-corrected chi connectivity index (χ3v) is 10.1. The summed E-state index contributed by atoms with van der Waals surface area (Å²) in [5, 5.41) is 4.15. The lowest BCUT2D eigenvalue weighted by Crippen LogP contribution is -2.23. The van der Waals surface area contributed by atoms with Gasteiger partial charge in [0.25, 0.3) is 0 Å². The maximum Gasteiger partial charge on any atom is 0.0352 e. The number of benzene rings is 5. The Bertz CT molecular complexity index is 1980. The smallest absolute Gasteiger partial charge is 0.0352 e. The van der Waals surface area contributed by atoms with Gasteiger partial charge in [-0.05, 0) is 80.1 Å². The summed E-state index contributed by atoms with van der Waals surface area (Å²) in [5.41, 5.74) is 11.0. The number of fused-ring (bicyclic) bond motifs is 5. The number of hydrogen-bond acceptors (Lipinski definition) is 1. The Morgan fingerprint density at radius 1 is 0.756 bits per heavy atom. The Hall–Kier alpha value is -4.20. The fraction of sp³-hybridized carbons (Fsp3) is 0.150. The van der Waals surface area contributed by atoms with Crippen molar-refractivity contribution < 1.29 is 0 Å². The monoisotopic (exact) mass is 546 g/mol. The van der Waals surface area contributed by atoms with Crippen LogP contribution in [0.5, 0.6) is 0 Å². The lowest BCUT2D eigenvalue weighted by molar-refractivity contribution is 0.645. The van der Waals surface area contributed by atoms with Gasteiger partial charge in [-0.15, -0.1) is 17.9 Å². The van der Waals surface area contributed by atoms with E-state index < -0.39 is 0 Å². The summed E-state index contributed by atoms with van der Waals surface area (Å²) in [6.07, 6.45) is 7.50. The van der Waals surface area contributed by atoms with Crippen molar-refractivity contribution in [2.75, 3.05) is 0 Å². The van der Waals surface area contributed by atoms with Gasteiger partial charge in [-0.3, -0.25) is 0 Å². The van der Waals surface area contributed by atoms with Crippen LogP contribution in [0.2, 0.25) is 0 Å². The molecule has 2 aliphatic rings. The number of thiophene rings is 1. The molecule has 0 fully saturated rings. The van der Waals surface area contributed by atoms with E-state index in [1.807, 2.05) is 18.3 Å². The van der Waals surface area contributed by atoms with E-state index in [9.17, 15) is 0 Å². The highest BCUT2D eigenvalue weighted by molar-refractivity contribution is 7.19. The van der Waals surface area contributed by atoms with Gasteiger partial charge in [0.15, 0.2) is 0 Å². The molecule has 0 aliphatic heterocycles. The van der Waals surface area contributed by atoms with Gasteiger partial charge >= 0.3 is 0 Å². The van der Waals surface area contributed by atoms with Crippen LogP contribution >= 0.6 is 11.3 Å². The standard InChI is InChI=1S/C37H28S.C3H6/c1-37(2)32-17-5-3-12-27(32)30-21-20-25(29-15-9-18-33(37)35(29)30)23-10-7-11-24(22-23)26-14-8-16-31-28-13-4-6-19-34(28)38-36(26)31;1-3-2/h3-13,15-22,26H,14H2,1-2H3;3H,1H2,2H3. The molecule has 0 bridgehead atoms. The molecule has 0 amide bonds. The molecule has 1 heterocycles. The fourth-order valence-corrected chi connectivity index (χ4v) is 8.30. The largest absolute Gasteiger partial charge is 0.139 e. The van der Waals surface area contributed by atoms with Crippen LogP contribution in [0.25, 0.3) is 49.2 Å². The summed E-state index contributed by atoms with van der Waals surface area (Å²) in [7, 11) is 0. The van der Waals surface area contributed by atoms with E-state index >= 15 is 0 Å². The van der Waals surface area contributed by atoms with E-state index in [0.29, 0.717) is 5.92 Å². The van der Waals surface area contributed by atoms with Gasteiger partial charge < -0.3 is 0 Å². The zero-order valence-corrected chi connectivity index (χ0v) is 24.8. The zero-order valence-electron chi connectivity index (χ0n) is 23.9. The maximum absolute atomic E-state index is 3.36. The van der Waals surface area contributed by atoms with Crippen molar-refractivity contribution in [1.29, 1.82) is 0 Å². The highest BCUT2D eigenvalue weighted by Crippen LogP contribution is 2.50. The maximum atomic E-state index is 3.36. The minimum absolute atomic E-state index is 0.0322. The summed E-state index contributed by atoms with van der Waals surface area (Å²) in [6.45, 7) is 9.99. The predicted molar refractivity (Wildman–Crippen MR) is 180 cm³/mol. The second kappa shape index (κ2) is 10.0. The van der Waals surface area contributed by atoms with E-state index in [4.69, 9.17) is 0 Å². The SMILES string of the molecule is C=CC.CC1(C)c2ccccc2-c2ccc(-c3cccc(C4CC=Cc5c4sc4ccccc54)c3)c3cccc1c23. The molecule has 0 nitrogen and oxygen atoms in total. The van der Waals surface area contributed by atoms with Crippen molar-refractivity contribution in [3.63, 3.8) is 0 Å². The molecule has 0 saturated carbocycles. The molecule has 6 aromatic rings. The zero-order chi connectivity index (χ0) is 28.1. The Kier molecular flexibility index (Phi) is 6.29. The van der Waals surface area contributed by atoms with Gasteiger partial charge in [0.1, 0.15) is 0 Å². The quantitative estimate of drug-likeness (QED) is 0.189. The second-order valence-electron chi connectivity index (χ2n) is 11.7. The summed E-state index contributed by atoms with van der Waals surface area (Å²) in [5.74, 6) is 0.401. The fourth-order valence-electron chi connectivity index (χ4n) is 6.97. The molecule has 8 rings (SSSR count). The van der Waals surface area contributed by atoms with Crippen LogP contribution in [0.1, 0.15) is 60.2 Å². The first kappa shape index (κ1) is 25.7. The van der Waals surface area contributed by atoms with Crippen molar-refractivity contribution in [1.82, 2.24) is 0 Å². The van der Waals surface area contributed by atoms with E-state index in [-0.39, 0.29) is 5.41 Å². The summed E-state index contributed by atoms with van der Waals surface area (Å²) in [4.78, 5) is 1.50. The minimum atomic E-state index is -0.0322. The van der Waals surface area contributed by atoms with Gasteiger partial charge in [0.05, 0.1) is 0 Å². The van der Waals surface area contributed by atoms with Crippen molar-refractivity contribution in [2.24, 2.45) is 0 Å². The number of rotatable bonds is 2. The van der Waals surface area contributed by atoms with Crippen molar-refractivity contribution in [2.45, 2.75) is 38.5 Å². The van der Waals surface area contributed by atoms with E-state index in [1.54, 1.807) is 6.08 Å². The highest BCUT2D eigenvalue weighted by Gasteiger charge is 2.33. The van der Waals surface area contributed by atoms with Gasteiger partial charge in [-0.25, -0.2) is 0 Å². The molecule has 0 spiro atoms. The van der Waals surface area contributed by atoms with Crippen LogP contribution in [0.15, 0.2) is 122 Å². The molecule has 0 N–H and O–H groups in total.